The summed E-state index contributed by atoms with van der Waals surface area (Å²) >= 11 is 1.72. The molecule has 2 aromatic carbocycles. The van der Waals surface area contributed by atoms with E-state index in [0.29, 0.717) is 17.7 Å². The Labute approximate surface area is 185 Å². The van der Waals surface area contributed by atoms with Gasteiger partial charge in [0, 0.05) is 24.4 Å². The van der Waals surface area contributed by atoms with Crippen molar-refractivity contribution in [1.29, 1.82) is 0 Å². The topological polar surface area (TPSA) is 92.8 Å². The van der Waals surface area contributed by atoms with E-state index in [-0.39, 0.29) is 43.7 Å². The minimum absolute atomic E-state index is 0.0222. The summed E-state index contributed by atoms with van der Waals surface area (Å²) in [7, 11) is 0. The molecule has 162 valence electrons. The van der Waals surface area contributed by atoms with E-state index < -0.39 is 5.97 Å². The number of hydrogen-bond donors (Lipinski definition) is 1. The summed E-state index contributed by atoms with van der Waals surface area (Å²) in [5.41, 5.74) is 0.767. The second kappa shape index (κ2) is 11.3. The van der Waals surface area contributed by atoms with Gasteiger partial charge in [-0.05, 0) is 42.9 Å². The fourth-order valence-electron chi connectivity index (χ4n) is 3.10. The van der Waals surface area contributed by atoms with Gasteiger partial charge in [0.05, 0.1) is 11.1 Å². The SMILES string of the molecule is O=C(COC(=O)CCCN1C(=O)c2ccccc2C1=O)NCCCSc1ccccc1. The summed E-state index contributed by atoms with van der Waals surface area (Å²) < 4.78 is 4.97. The van der Waals surface area contributed by atoms with Crippen molar-refractivity contribution in [2.24, 2.45) is 0 Å². The summed E-state index contributed by atoms with van der Waals surface area (Å²) in [6, 6.07) is 16.7. The summed E-state index contributed by atoms with van der Waals surface area (Å²) in [5.74, 6) is -0.704. The Hall–Kier alpha value is -3.13. The van der Waals surface area contributed by atoms with Crippen LogP contribution in [-0.4, -0.2) is 54.0 Å². The van der Waals surface area contributed by atoms with Gasteiger partial charge in [0.25, 0.3) is 17.7 Å². The van der Waals surface area contributed by atoms with Crippen LogP contribution in [-0.2, 0) is 14.3 Å². The van der Waals surface area contributed by atoms with E-state index in [4.69, 9.17) is 4.74 Å². The summed E-state index contributed by atoms with van der Waals surface area (Å²) in [4.78, 5) is 50.5. The Morgan fingerprint density at radius 3 is 2.23 bits per heavy atom. The highest BCUT2D eigenvalue weighted by Gasteiger charge is 2.34. The fraction of sp³-hybridized carbons (Fsp3) is 0.304. The van der Waals surface area contributed by atoms with Gasteiger partial charge in [0.15, 0.2) is 6.61 Å². The van der Waals surface area contributed by atoms with Crippen molar-refractivity contribution < 1.29 is 23.9 Å². The van der Waals surface area contributed by atoms with Crippen molar-refractivity contribution in [3.05, 3.63) is 65.7 Å². The molecule has 7 nitrogen and oxygen atoms in total. The molecule has 0 saturated carbocycles. The number of thioether (sulfide) groups is 1. The van der Waals surface area contributed by atoms with Crippen LogP contribution in [0.3, 0.4) is 0 Å². The van der Waals surface area contributed by atoms with E-state index in [1.165, 1.54) is 4.90 Å². The molecule has 3 rings (SSSR count). The largest absolute Gasteiger partial charge is 0.456 e. The Balaban J connectivity index is 1.25. The highest BCUT2D eigenvalue weighted by molar-refractivity contribution is 7.99. The van der Waals surface area contributed by atoms with Crippen LogP contribution in [0.25, 0.3) is 0 Å². The number of esters is 1. The van der Waals surface area contributed by atoms with Gasteiger partial charge >= 0.3 is 5.97 Å². The molecular weight excluding hydrogens is 416 g/mol. The van der Waals surface area contributed by atoms with Crippen molar-refractivity contribution in [1.82, 2.24) is 10.2 Å². The smallest absolute Gasteiger partial charge is 0.306 e. The Bertz CT molecular complexity index is 913. The molecule has 1 heterocycles. The number of benzene rings is 2. The number of ether oxygens (including phenoxy) is 1. The second-order valence-corrected chi connectivity index (χ2v) is 8.11. The molecule has 0 fully saturated rings. The lowest BCUT2D eigenvalue weighted by atomic mass is 10.1. The lowest BCUT2D eigenvalue weighted by Crippen LogP contribution is -2.31. The lowest BCUT2D eigenvalue weighted by Gasteiger charge is -2.13. The van der Waals surface area contributed by atoms with Crippen LogP contribution in [0, 0.1) is 0 Å². The predicted octanol–water partition coefficient (Wildman–Crippen LogP) is 2.90. The Morgan fingerprint density at radius 1 is 0.903 bits per heavy atom. The minimum atomic E-state index is -0.536. The number of fused-ring (bicyclic) bond motifs is 1. The van der Waals surface area contributed by atoms with Crippen LogP contribution >= 0.6 is 11.8 Å². The monoisotopic (exact) mass is 440 g/mol. The zero-order chi connectivity index (χ0) is 22.1. The molecule has 1 aliphatic heterocycles. The normalized spacial score (nSPS) is 12.6. The first-order valence-corrected chi connectivity index (χ1v) is 11.1. The number of imide groups is 1. The van der Waals surface area contributed by atoms with Gasteiger partial charge in [-0.1, -0.05) is 30.3 Å². The van der Waals surface area contributed by atoms with Gasteiger partial charge in [-0.3, -0.25) is 24.1 Å². The molecule has 3 amide bonds. The molecule has 0 saturated heterocycles. The summed E-state index contributed by atoms with van der Waals surface area (Å²) in [6.45, 7) is 0.306. The molecule has 31 heavy (non-hydrogen) atoms. The van der Waals surface area contributed by atoms with E-state index >= 15 is 0 Å². The average molecular weight is 441 g/mol. The third-order valence-electron chi connectivity index (χ3n) is 4.66. The molecule has 8 heteroatoms. The van der Waals surface area contributed by atoms with E-state index in [2.05, 4.69) is 5.32 Å². The molecule has 0 spiro atoms. The van der Waals surface area contributed by atoms with Crippen LogP contribution in [0.5, 0.6) is 0 Å². The molecule has 0 bridgehead atoms. The van der Waals surface area contributed by atoms with Gasteiger partial charge in [-0.25, -0.2) is 0 Å². The zero-order valence-corrected chi connectivity index (χ0v) is 17.9. The van der Waals surface area contributed by atoms with Gasteiger partial charge in [0.1, 0.15) is 0 Å². The fourth-order valence-corrected chi connectivity index (χ4v) is 3.97. The number of carbonyl (C=O) groups is 4. The number of amides is 3. The van der Waals surface area contributed by atoms with Crippen LogP contribution in [0.1, 0.15) is 40.0 Å². The first kappa shape index (κ1) is 22.6. The molecule has 1 N–H and O–H groups in total. The second-order valence-electron chi connectivity index (χ2n) is 6.94. The molecular formula is C23H24N2O5S. The van der Waals surface area contributed by atoms with Gasteiger partial charge < -0.3 is 10.1 Å². The molecule has 0 radical (unpaired) electrons. The summed E-state index contributed by atoms with van der Waals surface area (Å²) in [5, 5.41) is 2.72. The van der Waals surface area contributed by atoms with Crippen LogP contribution in [0.2, 0.25) is 0 Å². The molecule has 1 aliphatic rings. The van der Waals surface area contributed by atoms with Crippen molar-refractivity contribution in [2.45, 2.75) is 24.2 Å². The maximum Gasteiger partial charge on any atom is 0.306 e. The highest BCUT2D eigenvalue weighted by Crippen LogP contribution is 2.22. The number of rotatable bonds is 11. The van der Waals surface area contributed by atoms with Crippen LogP contribution in [0.4, 0.5) is 0 Å². The average Bonchev–Trinajstić information content (AvgIpc) is 3.03. The number of nitrogens with one attached hydrogen (secondary N) is 1. The molecule has 2 aromatic rings. The van der Waals surface area contributed by atoms with Crippen LogP contribution in [0.15, 0.2) is 59.5 Å². The first-order valence-electron chi connectivity index (χ1n) is 10.1. The van der Waals surface area contributed by atoms with Crippen molar-refractivity contribution in [2.75, 3.05) is 25.4 Å². The van der Waals surface area contributed by atoms with Gasteiger partial charge in [0.2, 0.25) is 0 Å². The third kappa shape index (κ3) is 6.42. The van der Waals surface area contributed by atoms with Gasteiger partial charge in [-0.2, -0.15) is 0 Å². The van der Waals surface area contributed by atoms with Gasteiger partial charge in [-0.15, -0.1) is 11.8 Å². The Morgan fingerprint density at radius 2 is 1.55 bits per heavy atom. The molecule has 0 unspecified atom stereocenters. The van der Waals surface area contributed by atoms with Crippen molar-refractivity contribution in [3.63, 3.8) is 0 Å². The predicted molar refractivity (Wildman–Crippen MR) is 117 cm³/mol. The minimum Gasteiger partial charge on any atom is -0.456 e. The molecule has 0 aromatic heterocycles. The van der Waals surface area contributed by atoms with E-state index in [9.17, 15) is 19.2 Å². The maximum absolute atomic E-state index is 12.3. The standard InChI is InChI=1S/C23H24N2O5S/c26-20(24-13-7-15-31-17-8-2-1-3-9-17)16-30-21(27)12-6-14-25-22(28)18-10-4-5-11-19(18)23(25)29/h1-5,8-11H,6-7,12-16H2,(H,24,26). The quantitative estimate of drug-likeness (QED) is 0.250. The number of hydrogen-bond acceptors (Lipinski definition) is 6. The Kier molecular flexibility index (Phi) is 8.23. The summed E-state index contributed by atoms with van der Waals surface area (Å²) in [6.07, 6.45) is 1.11. The highest BCUT2D eigenvalue weighted by atomic mass is 32.2. The number of carbonyl (C=O) groups excluding carboxylic acids is 4. The molecule has 0 aliphatic carbocycles. The maximum atomic E-state index is 12.3. The van der Waals surface area contributed by atoms with Crippen molar-refractivity contribution in [3.8, 4) is 0 Å². The van der Waals surface area contributed by atoms with E-state index in [1.54, 1.807) is 36.0 Å². The third-order valence-corrected chi connectivity index (χ3v) is 5.76. The lowest BCUT2D eigenvalue weighted by molar-refractivity contribution is -0.148. The zero-order valence-electron chi connectivity index (χ0n) is 17.0. The number of nitrogens with zero attached hydrogens (tertiary/aromatic N) is 1. The first-order chi connectivity index (χ1) is 15.1. The van der Waals surface area contributed by atoms with E-state index in [0.717, 1.165) is 17.1 Å². The molecule has 0 atom stereocenters. The van der Waals surface area contributed by atoms with Crippen LogP contribution < -0.4 is 5.32 Å². The van der Waals surface area contributed by atoms with E-state index in [1.807, 2.05) is 30.3 Å². The van der Waals surface area contributed by atoms with Crippen molar-refractivity contribution >= 4 is 35.5 Å².